The molecule has 0 bridgehead atoms. The fourth-order valence-electron chi connectivity index (χ4n) is 2.28. The molecule has 1 unspecified atom stereocenters. The van der Waals surface area contributed by atoms with Gasteiger partial charge in [-0.3, -0.25) is 0 Å². The van der Waals surface area contributed by atoms with Gasteiger partial charge in [0.15, 0.2) is 0 Å². The number of nitrogens with zero attached hydrogens (tertiary/aromatic N) is 1. The number of ether oxygens (including phenoxy) is 1. The van der Waals surface area contributed by atoms with Crippen LogP contribution in [0.2, 0.25) is 0 Å². The van der Waals surface area contributed by atoms with Gasteiger partial charge in [0.2, 0.25) is 0 Å². The van der Waals surface area contributed by atoms with E-state index in [1.54, 1.807) is 0 Å². The Morgan fingerprint density at radius 1 is 1.41 bits per heavy atom. The zero-order chi connectivity index (χ0) is 12.1. The summed E-state index contributed by atoms with van der Waals surface area (Å²) in [5.41, 5.74) is 8.03. The number of rotatable bonds is 5. The van der Waals surface area contributed by atoms with Gasteiger partial charge < -0.3 is 15.4 Å². The van der Waals surface area contributed by atoms with Crippen LogP contribution in [0.25, 0.3) is 0 Å². The Kier molecular flexibility index (Phi) is 4.40. The van der Waals surface area contributed by atoms with E-state index < -0.39 is 0 Å². The number of nitrogens with two attached hydrogens (primary N) is 1. The molecular weight excluding hydrogens is 212 g/mol. The zero-order valence-corrected chi connectivity index (χ0v) is 10.6. The average molecular weight is 234 g/mol. The van der Waals surface area contributed by atoms with E-state index in [4.69, 9.17) is 10.5 Å². The minimum absolute atomic E-state index is 0.477. The van der Waals surface area contributed by atoms with Gasteiger partial charge in [0, 0.05) is 25.4 Å². The third-order valence-corrected chi connectivity index (χ3v) is 3.35. The summed E-state index contributed by atoms with van der Waals surface area (Å²) in [5, 5.41) is 0. The lowest BCUT2D eigenvalue weighted by molar-refractivity contribution is 0.0944. The molecule has 3 nitrogen and oxygen atoms in total. The van der Waals surface area contributed by atoms with Gasteiger partial charge in [0.05, 0.1) is 6.10 Å². The summed E-state index contributed by atoms with van der Waals surface area (Å²) < 4.78 is 5.63. The van der Waals surface area contributed by atoms with E-state index >= 15 is 0 Å². The summed E-state index contributed by atoms with van der Waals surface area (Å²) in [6.45, 7) is 2.93. The molecule has 1 aliphatic heterocycles. The second-order valence-corrected chi connectivity index (χ2v) is 4.86. The van der Waals surface area contributed by atoms with E-state index in [0.717, 1.165) is 31.8 Å². The zero-order valence-electron chi connectivity index (χ0n) is 10.6. The Morgan fingerprint density at radius 3 is 2.94 bits per heavy atom. The molecule has 0 aliphatic carbocycles. The van der Waals surface area contributed by atoms with E-state index in [1.165, 1.54) is 18.4 Å². The molecule has 94 valence electrons. The van der Waals surface area contributed by atoms with E-state index in [2.05, 4.69) is 18.0 Å². The number of anilines is 1. The first-order chi connectivity index (χ1) is 8.25. The van der Waals surface area contributed by atoms with Crippen LogP contribution in [0.4, 0.5) is 5.69 Å². The molecule has 0 amide bonds. The molecule has 1 aliphatic rings. The molecule has 0 radical (unpaired) electrons. The molecular formula is C14H22N2O. The number of para-hydroxylation sites is 1. The maximum Gasteiger partial charge on any atom is 0.0588 e. The molecule has 3 heteroatoms. The molecule has 17 heavy (non-hydrogen) atoms. The molecule has 1 aromatic rings. The Labute approximate surface area is 104 Å². The van der Waals surface area contributed by atoms with Gasteiger partial charge in [-0.2, -0.15) is 0 Å². The van der Waals surface area contributed by atoms with Gasteiger partial charge in [-0.05, 0) is 37.9 Å². The van der Waals surface area contributed by atoms with Crippen LogP contribution in [-0.2, 0) is 11.3 Å². The van der Waals surface area contributed by atoms with Crippen molar-refractivity contribution in [1.82, 2.24) is 4.90 Å². The Morgan fingerprint density at radius 2 is 2.24 bits per heavy atom. The highest BCUT2D eigenvalue weighted by Gasteiger charge is 2.15. The van der Waals surface area contributed by atoms with E-state index in [0.29, 0.717) is 6.10 Å². The Hall–Kier alpha value is -1.06. The lowest BCUT2D eigenvalue weighted by atomic mass is 10.1. The van der Waals surface area contributed by atoms with Crippen molar-refractivity contribution in [2.75, 3.05) is 25.9 Å². The topological polar surface area (TPSA) is 38.5 Å². The predicted octanol–water partition coefficient (Wildman–Crippen LogP) is 2.27. The van der Waals surface area contributed by atoms with Crippen LogP contribution in [0.15, 0.2) is 24.3 Å². The largest absolute Gasteiger partial charge is 0.398 e. The van der Waals surface area contributed by atoms with Crippen molar-refractivity contribution >= 4 is 5.69 Å². The maximum absolute atomic E-state index is 5.94. The highest BCUT2D eigenvalue weighted by molar-refractivity contribution is 5.46. The van der Waals surface area contributed by atoms with Crippen LogP contribution in [-0.4, -0.2) is 31.2 Å². The van der Waals surface area contributed by atoms with Crippen LogP contribution < -0.4 is 5.73 Å². The first-order valence-corrected chi connectivity index (χ1v) is 6.39. The molecule has 0 spiro atoms. The average Bonchev–Trinajstić information content (AvgIpc) is 2.82. The van der Waals surface area contributed by atoms with Gasteiger partial charge >= 0.3 is 0 Å². The van der Waals surface area contributed by atoms with Crippen molar-refractivity contribution in [2.24, 2.45) is 0 Å². The van der Waals surface area contributed by atoms with Gasteiger partial charge in [0.25, 0.3) is 0 Å². The minimum atomic E-state index is 0.477. The summed E-state index contributed by atoms with van der Waals surface area (Å²) in [5.74, 6) is 0. The van der Waals surface area contributed by atoms with Crippen molar-refractivity contribution in [3.05, 3.63) is 29.8 Å². The van der Waals surface area contributed by atoms with Crippen molar-refractivity contribution in [3.63, 3.8) is 0 Å². The fraction of sp³-hybridized carbons (Fsp3) is 0.571. The number of hydrogen-bond donors (Lipinski definition) is 1. The normalized spacial score (nSPS) is 20.0. The van der Waals surface area contributed by atoms with E-state index in [9.17, 15) is 0 Å². The monoisotopic (exact) mass is 234 g/mol. The van der Waals surface area contributed by atoms with Gasteiger partial charge in [-0.1, -0.05) is 18.2 Å². The van der Waals surface area contributed by atoms with Crippen LogP contribution >= 0.6 is 0 Å². The first-order valence-electron chi connectivity index (χ1n) is 6.39. The molecule has 0 aromatic heterocycles. The van der Waals surface area contributed by atoms with Gasteiger partial charge in [-0.25, -0.2) is 0 Å². The number of nitrogen functional groups attached to an aromatic ring is 1. The van der Waals surface area contributed by atoms with Crippen molar-refractivity contribution in [2.45, 2.75) is 31.9 Å². The first kappa shape index (κ1) is 12.4. The SMILES string of the molecule is CN(CCC1CCCO1)Cc1ccccc1N. The summed E-state index contributed by atoms with van der Waals surface area (Å²) in [7, 11) is 2.14. The number of hydrogen-bond acceptors (Lipinski definition) is 3. The van der Waals surface area contributed by atoms with Crippen LogP contribution in [0.3, 0.4) is 0 Å². The number of benzene rings is 1. The second-order valence-electron chi connectivity index (χ2n) is 4.86. The quantitative estimate of drug-likeness (QED) is 0.794. The minimum Gasteiger partial charge on any atom is -0.398 e. The molecule has 1 aromatic carbocycles. The molecule has 0 saturated carbocycles. The van der Waals surface area contributed by atoms with Crippen molar-refractivity contribution in [3.8, 4) is 0 Å². The molecule has 2 N–H and O–H groups in total. The van der Waals surface area contributed by atoms with Crippen molar-refractivity contribution in [1.29, 1.82) is 0 Å². The molecule has 1 atom stereocenters. The van der Waals surface area contributed by atoms with Crippen LogP contribution in [0.5, 0.6) is 0 Å². The summed E-state index contributed by atoms with van der Waals surface area (Å²) in [6.07, 6.45) is 4.05. The molecule has 2 rings (SSSR count). The molecule has 1 saturated heterocycles. The second kappa shape index (κ2) is 6.03. The van der Waals surface area contributed by atoms with Gasteiger partial charge in [-0.15, -0.1) is 0 Å². The Bertz CT molecular complexity index is 348. The van der Waals surface area contributed by atoms with Crippen LogP contribution in [0.1, 0.15) is 24.8 Å². The summed E-state index contributed by atoms with van der Waals surface area (Å²) >= 11 is 0. The summed E-state index contributed by atoms with van der Waals surface area (Å²) in [6, 6.07) is 8.08. The third kappa shape index (κ3) is 3.72. The summed E-state index contributed by atoms with van der Waals surface area (Å²) in [4.78, 5) is 2.31. The maximum atomic E-state index is 5.94. The smallest absolute Gasteiger partial charge is 0.0588 e. The standard InChI is InChI=1S/C14H22N2O/c1-16(9-8-13-6-4-10-17-13)11-12-5-2-3-7-14(12)15/h2-3,5,7,13H,4,6,8-11,15H2,1H3. The molecule has 1 heterocycles. The van der Waals surface area contributed by atoms with Crippen molar-refractivity contribution < 1.29 is 4.74 Å². The van der Waals surface area contributed by atoms with Gasteiger partial charge in [0.1, 0.15) is 0 Å². The highest BCUT2D eigenvalue weighted by Crippen LogP contribution is 2.17. The highest BCUT2D eigenvalue weighted by atomic mass is 16.5. The lowest BCUT2D eigenvalue weighted by Gasteiger charge is -2.19. The van der Waals surface area contributed by atoms with Crippen LogP contribution in [0, 0.1) is 0 Å². The predicted molar refractivity (Wildman–Crippen MR) is 70.8 cm³/mol. The van der Waals surface area contributed by atoms with E-state index in [-0.39, 0.29) is 0 Å². The van der Waals surface area contributed by atoms with E-state index in [1.807, 2.05) is 18.2 Å². The fourth-order valence-corrected chi connectivity index (χ4v) is 2.28. The Balaban J connectivity index is 1.76. The lowest BCUT2D eigenvalue weighted by Crippen LogP contribution is -2.23. The third-order valence-electron chi connectivity index (χ3n) is 3.35. The molecule has 1 fully saturated rings.